The van der Waals surface area contributed by atoms with Crippen molar-refractivity contribution in [1.82, 2.24) is 10.2 Å². The van der Waals surface area contributed by atoms with E-state index in [1.54, 1.807) is 6.26 Å². The van der Waals surface area contributed by atoms with Gasteiger partial charge in [-0.15, -0.1) is 0 Å². The monoisotopic (exact) mass is 234 g/mol. The lowest BCUT2D eigenvalue weighted by atomic mass is 10.1. The van der Waals surface area contributed by atoms with Crippen LogP contribution in [0.25, 0.3) is 0 Å². The largest absolute Gasteiger partial charge is 0.467 e. The highest BCUT2D eigenvalue weighted by molar-refractivity contribution is 5.81. The molecule has 92 valence electrons. The maximum absolute atomic E-state index is 12.2. The van der Waals surface area contributed by atoms with Crippen molar-refractivity contribution < 1.29 is 9.21 Å². The zero-order valence-electron chi connectivity index (χ0n) is 10.1. The molecule has 4 heteroatoms. The molecule has 2 heterocycles. The fourth-order valence-electron chi connectivity index (χ4n) is 2.51. The van der Waals surface area contributed by atoms with Crippen molar-refractivity contribution in [1.29, 1.82) is 0 Å². The lowest BCUT2D eigenvalue weighted by Gasteiger charge is -2.23. The van der Waals surface area contributed by atoms with Crippen LogP contribution in [0.15, 0.2) is 22.8 Å². The average Bonchev–Trinajstić information content (AvgIpc) is 2.91. The van der Waals surface area contributed by atoms with Crippen molar-refractivity contribution in [3.8, 4) is 0 Å². The molecule has 2 aliphatic rings. The van der Waals surface area contributed by atoms with Crippen molar-refractivity contribution >= 4 is 5.91 Å². The van der Waals surface area contributed by atoms with Gasteiger partial charge in [0.25, 0.3) is 0 Å². The number of rotatable bonds is 2. The fourth-order valence-corrected chi connectivity index (χ4v) is 2.51. The van der Waals surface area contributed by atoms with Crippen molar-refractivity contribution in [3.05, 3.63) is 24.2 Å². The highest BCUT2D eigenvalue weighted by Gasteiger charge is 2.47. The van der Waals surface area contributed by atoms with E-state index >= 15 is 0 Å². The van der Waals surface area contributed by atoms with E-state index in [0.717, 1.165) is 18.8 Å². The molecule has 1 aromatic rings. The first kappa shape index (κ1) is 10.8. The molecule has 1 spiro atoms. The van der Waals surface area contributed by atoms with E-state index in [4.69, 9.17) is 4.42 Å². The molecule has 0 aromatic carbocycles. The van der Waals surface area contributed by atoms with Gasteiger partial charge in [0.15, 0.2) is 0 Å². The van der Waals surface area contributed by atoms with Crippen LogP contribution in [-0.4, -0.2) is 29.9 Å². The van der Waals surface area contributed by atoms with Crippen LogP contribution in [0.2, 0.25) is 0 Å². The van der Waals surface area contributed by atoms with Crippen molar-refractivity contribution in [2.45, 2.75) is 32.4 Å². The quantitative estimate of drug-likeness (QED) is 0.841. The lowest BCUT2D eigenvalue weighted by Crippen LogP contribution is -2.41. The Morgan fingerprint density at radius 1 is 1.59 bits per heavy atom. The van der Waals surface area contributed by atoms with E-state index in [-0.39, 0.29) is 11.9 Å². The molecule has 4 nitrogen and oxygen atoms in total. The van der Waals surface area contributed by atoms with Crippen molar-refractivity contribution in [2.75, 3.05) is 13.1 Å². The average molecular weight is 234 g/mol. The highest BCUT2D eigenvalue weighted by Crippen LogP contribution is 2.46. The minimum absolute atomic E-state index is 0.0788. The zero-order valence-corrected chi connectivity index (χ0v) is 10.1. The molecule has 1 unspecified atom stereocenters. The van der Waals surface area contributed by atoms with Gasteiger partial charge in [-0.25, -0.2) is 0 Å². The molecule has 1 aromatic heterocycles. The molecule has 3 rings (SSSR count). The lowest BCUT2D eigenvalue weighted by molar-refractivity contribution is -0.133. The number of nitrogens with zero attached hydrogens (tertiary/aromatic N) is 1. The van der Waals surface area contributed by atoms with Gasteiger partial charge in [0.2, 0.25) is 5.91 Å². The predicted octanol–water partition coefficient (Wildman–Crippen LogP) is 1.38. The van der Waals surface area contributed by atoms with Crippen molar-refractivity contribution in [2.24, 2.45) is 5.41 Å². The summed E-state index contributed by atoms with van der Waals surface area (Å²) in [7, 11) is 0. The van der Waals surface area contributed by atoms with Gasteiger partial charge in [-0.2, -0.15) is 0 Å². The summed E-state index contributed by atoms with van der Waals surface area (Å²) >= 11 is 0. The molecule has 0 radical (unpaired) electrons. The van der Waals surface area contributed by atoms with Gasteiger partial charge in [0.05, 0.1) is 18.8 Å². The third-order valence-corrected chi connectivity index (χ3v) is 3.88. The molecule has 0 bridgehead atoms. The van der Waals surface area contributed by atoms with Gasteiger partial charge in [-0.3, -0.25) is 4.79 Å². The Morgan fingerprint density at radius 3 is 3.06 bits per heavy atom. The Morgan fingerprint density at radius 2 is 2.41 bits per heavy atom. The van der Waals surface area contributed by atoms with E-state index in [1.165, 1.54) is 12.8 Å². The minimum atomic E-state index is -0.0788. The topological polar surface area (TPSA) is 45.5 Å². The summed E-state index contributed by atoms with van der Waals surface area (Å²) in [5, 5.41) is 3.33. The Hall–Kier alpha value is -1.29. The molecule has 17 heavy (non-hydrogen) atoms. The summed E-state index contributed by atoms with van der Waals surface area (Å²) in [5.74, 6) is 1.05. The van der Waals surface area contributed by atoms with E-state index in [9.17, 15) is 4.79 Å². The Kier molecular flexibility index (Phi) is 2.47. The standard InChI is InChI=1S/C13H18N2O2/c1-10-12(16)15(7-11-3-2-6-17-11)9-13(4-5-13)8-14-10/h2-3,6,10,14H,4-5,7-9H2,1H3. The van der Waals surface area contributed by atoms with Crippen molar-refractivity contribution in [3.63, 3.8) is 0 Å². The summed E-state index contributed by atoms with van der Waals surface area (Å²) in [6, 6.07) is 3.71. The van der Waals surface area contributed by atoms with Crippen LogP contribution in [0.5, 0.6) is 0 Å². The molecular formula is C13H18N2O2. The highest BCUT2D eigenvalue weighted by atomic mass is 16.3. The third kappa shape index (κ3) is 2.09. The van der Waals surface area contributed by atoms with Gasteiger partial charge in [0.1, 0.15) is 5.76 Å². The number of amides is 1. The summed E-state index contributed by atoms with van der Waals surface area (Å²) in [5.41, 5.74) is 0.340. The van der Waals surface area contributed by atoms with Gasteiger partial charge >= 0.3 is 0 Å². The number of furan rings is 1. The molecule has 1 saturated carbocycles. The number of hydrogen-bond acceptors (Lipinski definition) is 3. The van der Waals surface area contributed by atoms with Crippen LogP contribution < -0.4 is 5.32 Å². The first-order valence-electron chi connectivity index (χ1n) is 6.23. The number of carbonyl (C=O) groups is 1. The molecule has 1 saturated heterocycles. The molecule has 1 amide bonds. The van der Waals surface area contributed by atoms with E-state index in [2.05, 4.69) is 5.32 Å². The SMILES string of the molecule is CC1NCC2(CC2)CN(Cc2ccco2)C1=O. The summed E-state index contributed by atoms with van der Waals surface area (Å²) in [6.07, 6.45) is 4.12. The van der Waals surface area contributed by atoms with E-state index < -0.39 is 0 Å². The maximum atomic E-state index is 12.2. The minimum Gasteiger partial charge on any atom is -0.467 e. The number of carbonyl (C=O) groups excluding carboxylic acids is 1. The normalized spacial score (nSPS) is 27.2. The van der Waals surface area contributed by atoms with Crippen LogP contribution in [0, 0.1) is 5.41 Å². The number of nitrogens with one attached hydrogen (secondary N) is 1. The molecular weight excluding hydrogens is 216 g/mol. The van der Waals surface area contributed by atoms with Gasteiger partial charge in [0, 0.05) is 18.5 Å². The molecule has 1 atom stereocenters. The fraction of sp³-hybridized carbons (Fsp3) is 0.615. The molecule has 2 fully saturated rings. The van der Waals surface area contributed by atoms with Crippen LogP contribution >= 0.6 is 0 Å². The second kappa shape index (κ2) is 3.88. The van der Waals surface area contributed by atoms with Crippen LogP contribution in [0.4, 0.5) is 0 Å². The van der Waals surface area contributed by atoms with Gasteiger partial charge in [-0.1, -0.05) is 0 Å². The van der Waals surface area contributed by atoms with E-state index in [0.29, 0.717) is 12.0 Å². The Labute approximate surface area is 101 Å². The zero-order chi connectivity index (χ0) is 11.9. The van der Waals surface area contributed by atoms with Crippen LogP contribution in [-0.2, 0) is 11.3 Å². The summed E-state index contributed by atoms with van der Waals surface area (Å²) in [6.45, 7) is 4.37. The van der Waals surface area contributed by atoms with Crippen LogP contribution in [0.3, 0.4) is 0 Å². The second-order valence-electron chi connectivity index (χ2n) is 5.38. The van der Waals surface area contributed by atoms with Gasteiger partial charge < -0.3 is 14.6 Å². The maximum Gasteiger partial charge on any atom is 0.239 e. The second-order valence-corrected chi connectivity index (χ2v) is 5.38. The first-order chi connectivity index (χ1) is 8.19. The Balaban J connectivity index is 1.77. The number of hydrogen-bond donors (Lipinski definition) is 1. The van der Waals surface area contributed by atoms with Gasteiger partial charge in [-0.05, 0) is 31.9 Å². The van der Waals surface area contributed by atoms with Crippen LogP contribution in [0.1, 0.15) is 25.5 Å². The molecule has 1 N–H and O–H groups in total. The smallest absolute Gasteiger partial charge is 0.239 e. The first-order valence-corrected chi connectivity index (χ1v) is 6.23. The molecule has 1 aliphatic heterocycles. The summed E-state index contributed by atoms with van der Waals surface area (Å²) in [4.78, 5) is 14.1. The third-order valence-electron chi connectivity index (χ3n) is 3.88. The molecule has 1 aliphatic carbocycles. The predicted molar refractivity (Wildman–Crippen MR) is 63.3 cm³/mol. The van der Waals surface area contributed by atoms with E-state index in [1.807, 2.05) is 24.0 Å². The summed E-state index contributed by atoms with van der Waals surface area (Å²) < 4.78 is 5.33. The Bertz CT molecular complexity index is 409.